The molecule has 4 heterocycles. The average molecular weight is 415 g/mol. The van der Waals surface area contributed by atoms with Crippen LogP contribution in [0.3, 0.4) is 0 Å². The summed E-state index contributed by atoms with van der Waals surface area (Å²) in [5.41, 5.74) is -0.538. The molecule has 4 aliphatic heterocycles. The van der Waals surface area contributed by atoms with Gasteiger partial charge in [0.1, 0.15) is 23.4 Å². The molecule has 0 radical (unpaired) electrons. The number of nitrogens with zero attached hydrogens (tertiary/aromatic N) is 3. The van der Waals surface area contributed by atoms with E-state index in [1.54, 1.807) is 0 Å². The topological polar surface area (TPSA) is 73.2 Å². The number of benzene rings is 1. The number of halogens is 3. The van der Waals surface area contributed by atoms with Gasteiger partial charge in [-0.05, 0) is 35.5 Å². The Kier molecular flexibility index (Phi) is 3.15. The number of carboxylic acids is 1. The minimum Gasteiger partial charge on any atom is -0.478 e. The maximum Gasteiger partial charge on any atom is 0.340 e. The molecule has 1 aromatic carbocycles. The van der Waals surface area contributed by atoms with Gasteiger partial charge in [0.15, 0.2) is 17.4 Å². The fraction of sp³-hybridized carbons (Fsp3) is 0.381. The van der Waals surface area contributed by atoms with E-state index >= 15 is 0 Å². The fourth-order valence-corrected chi connectivity index (χ4v) is 5.67. The van der Waals surface area contributed by atoms with Crippen LogP contribution in [0.25, 0.3) is 0 Å². The Balaban J connectivity index is 1.46. The number of rotatable bonds is 2. The minimum absolute atomic E-state index is 0.113. The highest BCUT2D eigenvalue weighted by molar-refractivity contribution is 6.20. The number of ketones is 1. The van der Waals surface area contributed by atoms with Crippen molar-refractivity contribution >= 4 is 23.3 Å². The van der Waals surface area contributed by atoms with E-state index in [4.69, 9.17) is 0 Å². The smallest absolute Gasteiger partial charge is 0.340 e. The maximum absolute atomic E-state index is 15.0. The molecule has 2 aliphatic carbocycles. The summed E-state index contributed by atoms with van der Waals surface area (Å²) < 4.78 is 42.9. The van der Waals surface area contributed by atoms with Crippen LogP contribution >= 0.6 is 0 Å². The van der Waals surface area contributed by atoms with Crippen molar-refractivity contribution in [1.29, 1.82) is 0 Å². The van der Waals surface area contributed by atoms with Gasteiger partial charge in [-0.1, -0.05) is 6.92 Å². The quantitative estimate of drug-likeness (QED) is 0.752. The Morgan fingerprint density at radius 1 is 1.30 bits per heavy atom. The van der Waals surface area contributed by atoms with Crippen molar-refractivity contribution in [3.63, 3.8) is 0 Å². The molecular formula is C21H16F3N3O3. The zero-order valence-corrected chi connectivity index (χ0v) is 15.7. The second-order valence-electron chi connectivity index (χ2n) is 8.72. The number of piperidine rings is 1. The highest BCUT2D eigenvalue weighted by Gasteiger charge is 2.90. The molecule has 30 heavy (non-hydrogen) atoms. The molecule has 154 valence electrons. The van der Waals surface area contributed by atoms with E-state index in [1.807, 2.05) is 4.90 Å². The lowest BCUT2D eigenvalue weighted by molar-refractivity contribution is -0.135. The summed E-state index contributed by atoms with van der Waals surface area (Å²) in [5.74, 6) is -4.76. The molecule has 2 saturated heterocycles. The highest BCUT2D eigenvalue weighted by atomic mass is 19.1. The molecule has 5 unspecified atom stereocenters. The van der Waals surface area contributed by atoms with Gasteiger partial charge in [-0.3, -0.25) is 4.79 Å². The summed E-state index contributed by atoms with van der Waals surface area (Å²) in [5, 5.41) is 9.41. The standard InChI is InChI=1S/C21H16F3N3O3/c1-21-11-7-27(17(21)15(11)21)19-13(24)5-9-16(28)10(20(29)30)6-26(18(9)25-19)14-3-2-8(22)4-12(14)23/h2-6,9,11,15,17-18H,7H2,1H3,(H,29,30)/t9?,11?,15?,17?,18?,21-/m0/s1. The highest BCUT2D eigenvalue weighted by Crippen LogP contribution is 2.85. The van der Waals surface area contributed by atoms with E-state index < -0.39 is 46.9 Å². The first-order valence-electron chi connectivity index (χ1n) is 9.68. The Labute approximate surface area is 169 Å². The van der Waals surface area contributed by atoms with Gasteiger partial charge in [0, 0.05) is 24.9 Å². The lowest BCUT2D eigenvalue weighted by Crippen LogP contribution is -2.49. The van der Waals surface area contributed by atoms with Crippen LogP contribution in [-0.4, -0.2) is 46.3 Å². The molecule has 4 fully saturated rings. The van der Waals surface area contributed by atoms with Gasteiger partial charge >= 0.3 is 5.97 Å². The van der Waals surface area contributed by atoms with Gasteiger partial charge in [-0.2, -0.15) is 0 Å². The van der Waals surface area contributed by atoms with E-state index in [2.05, 4.69) is 11.9 Å². The summed E-state index contributed by atoms with van der Waals surface area (Å²) in [6.07, 6.45) is 1.01. The number of hydrogen-bond donors (Lipinski definition) is 1. The Morgan fingerprint density at radius 3 is 2.63 bits per heavy atom. The van der Waals surface area contributed by atoms with Crippen molar-refractivity contribution in [2.24, 2.45) is 28.2 Å². The second kappa shape index (κ2) is 5.33. The van der Waals surface area contributed by atoms with Crippen molar-refractivity contribution in [2.75, 3.05) is 11.4 Å². The summed E-state index contributed by atoms with van der Waals surface area (Å²) >= 11 is 0. The number of fused-ring (bicyclic) bond motifs is 2. The Bertz CT molecular complexity index is 1140. The van der Waals surface area contributed by atoms with Crippen LogP contribution in [-0.2, 0) is 9.59 Å². The van der Waals surface area contributed by atoms with Gasteiger partial charge in [0.2, 0.25) is 0 Å². The number of anilines is 1. The molecule has 7 rings (SSSR count). The lowest BCUT2D eigenvalue weighted by Gasteiger charge is -2.39. The van der Waals surface area contributed by atoms with Crippen molar-refractivity contribution < 1.29 is 27.9 Å². The van der Waals surface area contributed by atoms with E-state index in [9.17, 15) is 27.9 Å². The third-order valence-electron chi connectivity index (χ3n) is 7.37. The number of carboxylic acid groups (broad SMARTS) is 1. The third kappa shape index (κ3) is 2.02. The molecular weight excluding hydrogens is 399 g/mol. The first-order valence-corrected chi connectivity index (χ1v) is 9.68. The molecule has 0 amide bonds. The number of amidine groups is 1. The van der Waals surface area contributed by atoms with Crippen molar-refractivity contribution in [2.45, 2.75) is 19.1 Å². The zero-order chi connectivity index (χ0) is 21.1. The first-order chi connectivity index (χ1) is 14.2. The monoisotopic (exact) mass is 415 g/mol. The van der Waals surface area contributed by atoms with Gasteiger partial charge in [0.25, 0.3) is 0 Å². The predicted molar refractivity (Wildman–Crippen MR) is 99.0 cm³/mol. The SMILES string of the molecule is C[C@@]12C3CN(C4=NC5C(C=C4F)C(=O)C(C(=O)O)=CN5c4ccc(F)cc4F)C1C32. The normalized spacial score (nSPS) is 37.8. The van der Waals surface area contributed by atoms with E-state index in [0.29, 0.717) is 24.4 Å². The largest absolute Gasteiger partial charge is 0.478 e. The van der Waals surface area contributed by atoms with Crippen LogP contribution in [0.1, 0.15) is 6.92 Å². The summed E-state index contributed by atoms with van der Waals surface area (Å²) in [6, 6.07) is 3.06. The molecule has 2 saturated carbocycles. The van der Waals surface area contributed by atoms with E-state index in [0.717, 1.165) is 24.4 Å². The van der Waals surface area contributed by atoms with Gasteiger partial charge in [0.05, 0.1) is 11.6 Å². The third-order valence-corrected chi connectivity index (χ3v) is 7.37. The van der Waals surface area contributed by atoms with Gasteiger partial charge in [-0.25, -0.2) is 23.0 Å². The number of Topliss-reactive ketones (excluding diaryl/α,β-unsaturated/α-hetero) is 1. The van der Waals surface area contributed by atoms with Crippen LogP contribution in [0, 0.1) is 34.8 Å². The van der Waals surface area contributed by atoms with Crippen molar-refractivity contribution in [3.8, 4) is 0 Å². The summed E-state index contributed by atoms with van der Waals surface area (Å²) in [6.45, 7) is 2.84. The number of carbonyl (C=O) groups is 2. The number of carbonyl (C=O) groups excluding carboxylic acids is 1. The number of aliphatic imine (C=N–C) groups is 1. The Hall–Kier alpha value is -3.10. The molecule has 6 nitrogen and oxygen atoms in total. The minimum atomic E-state index is -1.51. The summed E-state index contributed by atoms with van der Waals surface area (Å²) in [4.78, 5) is 31.8. The van der Waals surface area contributed by atoms with E-state index in [-0.39, 0.29) is 23.0 Å². The van der Waals surface area contributed by atoms with Crippen LogP contribution in [0.15, 0.2) is 46.9 Å². The summed E-state index contributed by atoms with van der Waals surface area (Å²) in [7, 11) is 0. The molecule has 0 spiro atoms. The van der Waals surface area contributed by atoms with Crippen molar-refractivity contribution in [3.05, 3.63) is 53.5 Å². The molecule has 6 atom stereocenters. The van der Waals surface area contributed by atoms with Crippen molar-refractivity contribution in [1.82, 2.24) is 4.90 Å². The fourth-order valence-electron chi connectivity index (χ4n) is 5.67. The number of dihydropyridines is 1. The Morgan fingerprint density at radius 2 is 2.03 bits per heavy atom. The molecule has 2 bridgehead atoms. The molecule has 9 heteroatoms. The molecule has 6 aliphatic rings. The second-order valence-corrected chi connectivity index (χ2v) is 8.72. The molecule has 1 N–H and O–H groups in total. The number of hydrogen-bond acceptors (Lipinski definition) is 5. The van der Waals surface area contributed by atoms with Crippen LogP contribution in [0.4, 0.5) is 18.9 Å². The maximum atomic E-state index is 15.0. The molecule has 1 aromatic rings. The number of aliphatic carboxylic acids is 1. The van der Waals surface area contributed by atoms with Crippen LogP contribution in [0.2, 0.25) is 0 Å². The van der Waals surface area contributed by atoms with Crippen LogP contribution in [0.5, 0.6) is 0 Å². The zero-order valence-electron chi connectivity index (χ0n) is 15.7. The van der Waals surface area contributed by atoms with Crippen LogP contribution < -0.4 is 4.90 Å². The lowest BCUT2D eigenvalue weighted by atomic mass is 9.88. The van der Waals surface area contributed by atoms with Gasteiger partial charge in [-0.15, -0.1) is 0 Å². The predicted octanol–water partition coefficient (Wildman–Crippen LogP) is 2.48. The van der Waals surface area contributed by atoms with Gasteiger partial charge < -0.3 is 14.9 Å². The first kappa shape index (κ1) is 17.7. The molecule has 0 aromatic heterocycles. The average Bonchev–Trinajstić information content (AvgIpc) is 3.31. The van der Waals surface area contributed by atoms with E-state index in [1.165, 1.54) is 4.90 Å².